The largest absolute Gasteiger partial charge is 0.573 e. The minimum Gasteiger partial charge on any atom is -0.420 e. The van der Waals surface area contributed by atoms with Crippen LogP contribution in [-0.4, -0.2) is 55.0 Å². The number of ether oxygens (including phenoxy) is 1. The van der Waals surface area contributed by atoms with E-state index >= 15 is 0 Å². The van der Waals surface area contributed by atoms with Crippen LogP contribution < -0.4 is 10.4 Å². The Kier molecular flexibility index (Phi) is 6.16. The van der Waals surface area contributed by atoms with Gasteiger partial charge < -0.3 is 14.1 Å². The Balaban J connectivity index is 1.23. The predicted octanol–water partition coefficient (Wildman–Crippen LogP) is 3.73. The fourth-order valence-corrected chi connectivity index (χ4v) is 4.48. The van der Waals surface area contributed by atoms with Crippen molar-refractivity contribution >= 4 is 28.7 Å². The number of alkyl halides is 3. The first-order valence-electron chi connectivity index (χ1n) is 10.9. The Morgan fingerprint density at radius 2 is 2.00 bits per heavy atom. The number of H-pyrrole nitrogens is 1. The Bertz CT molecular complexity index is 1470. The van der Waals surface area contributed by atoms with Crippen molar-refractivity contribution in [2.24, 2.45) is 0 Å². The molecule has 0 bridgehead atoms. The van der Waals surface area contributed by atoms with Gasteiger partial charge in [-0.3, -0.25) is 14.3 Å². The highest BCUT2D eigenvalue weighted by atomic mass is 35.5. The lowest BCUT2D eigenvalue weighted by Gasteiger charge is -2.32. The molecule has 0 aliphatic carbocycles. The summed E-state index contributed by atoms with van der Waals surface area (Å²) in [5.41, 5.74) is 1.12. The Morgan fingerprint density at radius 1 is 1.22 bits per heavy atom. The van der Waals surface area contributed by atoms with E-state index in [2.05, 4.69) is 24.9 Å². The molecular weight excluding hydrogens is 505 g/mol. The topological polar surface area (TPSA) is 119 Å². The lowest BCUT2D eigenvalue weighted by atomic mass is 10.0. The fourth-order valence-electron chi connectivity index (χ4n) is 4.26. The van der Waals surface area contributed by atoms with Crippen LogP contribution in [0.1, 0.15) is 24.8 Å². The van der Waals surface area contributed by atoms with Crippen LogP contribution in [-0.2, 0) is 11.2 Å². The Labute approximate surface area is 205 Å². The first kappa shape index (κ1) is 23.9. The molecule has 0 spiro atoms. The maximum Gasteiger partial charge on any atom is 0.573 e. The van der Waals surface area contributed by atoms with Gasteiger partial charge in [-0.2, -0.15) is 0 Å². The van der Waals surface area contributed by atoms with Gasteiger partial charge >= 0.3 is 12.1 Å². The van der Waals surface area contributed by atoms with Crippen molar-refractivity contribution in [3.63, 3.8) is 0 Å². The first-order chi connectivity index (χ1) is 17.2. The summed E-state index contributed by atoms with van der Waals surface area (Å²) >= 11 is 5.89. The Morgan fingerprint density at radius 3 is 2.75 bits per heavy atom. The van der Waals surface area contributed by atoms with Crippen molar-refractivity contribution in [2.75, 3.05) is 13.1 Å². The lowest BCUT2D eigenvalue weighted by Crippen LogP contribution is -2.41. The number of likely N-dealkylation sites (tertiary alicyclic amines) is 1. The van der Waals surface area contributed by atoms with Crippen molar-refractivity contribution in [1.29, 1.82) is 0 Å². The van der Waals surface area contributed by atoms with Gasteiger partial charge in [-0.1, -0.05) is 11.6 Å². The number of aromatic amines is 1. The second kappa shape index (κ2) is 9.30. The molecule has 0 saturated carbocycles. The van der Waals surface area contributed by atoms with Crippen LogP contribution in [0.15, 0.2) is 45.7 Å². The number of benzene rings is 1. The molecule has 1 amide bonds. The number of halogens is 4. The summed E-state index contributed by atoms with van der Waals surface area (Å²) in [4.78, 5) is 33.8. The average molecular weight is 523 g/mol. The summed E-state index contributed by atoms with van der Waals surface area (Å²) in [6.45, 7) is 0.854. The number of amides is 1. The number of nitrogens with zero attached hydrogens (tertiary/aromatic N) is 5. The van der Waals surface area contributed by atoms with Gasteiger partial charge in [-0.15, -0.1) is 23.4 Å². The first-order valence-corrected chi connectivity index (χ1v) is 11.3. The molecule has 0 atom stereocenters. The average Bonchev–Trinajstić information content (AvgIpc) is 3.41. The van der Waals surface area contributed by atoms with E-state index in [4.69, 9.17) is 16.0 Å². The van der Waals surface area contributed by atoms with E-state index in [0.29, 0.717) is 31.6 Å². The quantitative estimate of drug-likeness (QED) is 0.424. The third-order valence-electron chi connectivity index (χ3n) is 5.79. The van der Waals surface area contributed by atoms with Crippen LogP contribution in [0, 0.1) is 0 Å². The van der Waals surface area contributed by atoms with Gasteiger partial charge in [-0.05, 0) is 43.2 Å². The van der Waals surface area contributed by atoms with Crippen LogP contribution in [0.25, 0.3) is 22.6 Å². The van der Waals surface area contributed by atoms with E-state index in [1.54, 1.807) is 21.7 Å². The smallest absolute Gasteiger partial charge is 0.420 e. The van der Waals surface area contributed by atoms with Gasteiger partial charge in [0.1, 0.15) is 12.2 Å². The van der Waals surface area contributed by atoms with Crippen LogP contribution in [0.4, 0.5) is 13.2 Å². The highest BCUT2D eigenvalue weighted by molar-refractivity contribution is 6.31. The molecule has 10 nitrogen and oxygen atoms in total. The Hall–Kier alpha value is -3.87. The van der Waals surface area contributed by atoms with Gasteiger partial charge in [0.05, 0.1) is 5.52 Å². The minimum absolute atomic E-state index is 0.00862. The molecule has 4 aromatic rings. The summed E-state index contributed by atoms with van der Waals surface area (Å²) < 4.78 is 48.7. The molecule has 36 heavy (non-hydrogen) atoms. The van der Waals surface area contributed by atoms with Crippen molar-refractivity contribution in [1.82, 2.24) is 29.6 Å². The number of carbonyl (C=O) groups is 1. The molecule has 1 aliphatic heterocycles. The van der Waals surface area contributed by atoms with Gasteiger partial charge in [0, 0.05) is 35.9 Å². The van der Waals surface area contributed by atoms with Crippen molar-refractivity contribution < 1.29 is 27.1 Å². The number of hydrogen-bond donors (Lipinski definition) is 1. The van der Waals surface area contributed by atoms with E-state index in [1.165, 1.54) is 6.07 Å². The number of aromatic nitrogens is 5. The summed E-state index contributed by atoms with van der Waals surface area (Å²) in [5.74, 6) is -0.870. The molecule has 0 unspecified atom stereocenters. The fraction of sp³-hybridized carbons (Fsp3) is 0.318. The zero-order valence-corrected chi connectivity index (χ0v) is 19.2. The molecule has 14 heteroatoms. The third kappa shape index (κ3) is 5.05. The zero-order valence-electron chi connectivity index (χ0n) is 18.5. The maximum absolute atomic E-state index is 12.8. The van der Waals surface area contributed by atoms with Gasteiger partial charge in [0.25, 0.3) is 0 Å². The summed E-state index contributed by atoms with van der Waals surface area (Å²) in [6.07, 6.45) is -2.31. The number of piperidine rings is 1. The molecule has 1 fully saturated rings. The summed E-state index contributed by atoms with van der Waals surface area (Å²) in [5, 5.41) is 7.64. The number of imidazole rings is 1. The van der Waals surface area contributed by atoms with Crippen LogP contribution in [0.2, 0.25) is 5.02 Å². The summed E-state index contributed by atoms with van der Waals surface area (Å²) in [7, 11) is 0. The van der Waals surface area contributed by atoms with Crippen molar-refractivity contribution in [2.45, 2.75) is 31.7 Å². The van der Waals surface area contributed by atoms with E-state index < -0.39 is 12.1 Å². The van der Waals surface area contributed by atoms with E-state index in [1.807, 2.05) is 6.07 Å². The van der Waals surface area contributed by atoms with Crippen molar-refractivity contribution in [3.05, 3.63) is 57.9 Å². The highest BCUT2D eigenvalue weighted by Gasteiger charge is 2.32. The number of rotatable bonds is 5. The van der Waals surface area contributed by atoms with E-state index in [9.17, 15) is 22.8 Å². The molecule has 1 saturated heterocycles. The number of pyridine rings is 1. The molecule has 5 rings (SSSR count). The zero-order chi connectivity index (χ0) is 25.4. The lowest BCUT2D eigenvalue weighted by molar-refractivity contribution is -0.274. The second-order valence-corrected chi connectivity index (χ2v) is 8.62. The molecule has 4 heterocycles. The van der Waals surface area contributed by atoms with Gasteiger partial charge in [-0.25, -0.2) is 9.78 Å². The number of hydrogen-bond acceptors (Lipinski definition) is 7. The molecule has 1 N–H and O–H groups in total. The van der Waals surface area contributed by atoms with E-state index in [-0.39, 0.29) is 46.4 Å². The van der Waals surface area contributed by atoms with Gasteiger partial charge in [0.15, 0.2) is 5.65 Å². The van der Waals surface area contributed by atoms with Crippen molar-refractivity contribution in [3.8, 4) is 17.2 Å². The number of nitrogens with one attached hydrogen (secondary N) is 1. The minimum atomic E-state index is -4.89. The van der Waals surface area contributed by atoms with Crippen LogP contribution in [0.5, 0.6) is 5.75 Å². The van der Waals surface area contributed by atoms with Crippen LogP contribution >= 0.6 is 11.6 Å². The SMILES string of the molecule is O=C(Cc1nnc(-c2cc(Cl)cc(OC(F)(F)F)c2)o1)N1CCC(n2c(=O)[nH]c3ncccc32)CC1. The maximum atomic E-state index is 12.8. The molecule has 188 valence electrons. The van der Waals surface area contributed by atoms with Gasteiger partial charge in [0.2, 0.25) is 17.7 Å². The number of fused-ring (bicyclic) bond motifs is 1. The monoisotopic (exact) mass is 522 g/mol. The standard InChI is InChI=1S/C22H18ClF3N6O4/c23-13-8-12(9-15(10-13)36-22(24,25)26)20-30-29-17(35-20)11-18(33)31-6-3-14(4-7-31)32-16-2-1-5-27-19(16)28-21(32)34/h1-2,5,8-10,14H,3-4,6-7,11H2,(H,27,28,34). The predicted molar refractivity (Wildman–Crippen MR) is 120 cm³/mol. The highest BCUT2D eigenvalue weighted by Crippen LogP contribution is 2.31. The molecule has 1 aliphatic rings. The molecule has 1 aromatic carbocycles. The number of carbonyl (C=O) groups excluding carboxylic acids is 1. The molecular formula is C22H18ClF3N6O4. The van der Waals surface area contributed by atoms with Crippen LogP contribution in [0.3, 0.4) is 0 Å². The second-order valence-electron chi connectivity index (χ2n) is 8.18. The molecule has 3 aromatic heterocycles. The normalized spacial score (nSPS) is 14.9. The summed E-state index contributed by atoms with van der Waals surface area (Å²) in [6, 6.07) is 6.91. The third-order valence-corrected chi connectivity index (χ3v) is 6.01. The molecule has 0 radical (unpaired) electrons. The van der Waals surface area contributed by atoms with E-state index in [0.717, 1.165) is 17.6 Å².